The molecular weight excluding hydrogens is 418 g/mol. The van der Waals surface area contributed by atoms with Crippen LogP contribution in [0.5, 0.6) is 0 Å². The maximum atomic E-state index is 5.58. The molecule has 34 heavy (non-hydrogen) atoms. The lowest BCUT2D eigenvalue weighted by molar-refractivity contribution is 0.198. The predicted molar refractivity (Wildman–Crippen MR) is 142 cm³/mol. The molecule has 0 bridgehead atoms. The fourth-order valence-corrected chi connectivity index (χ4v) is 4.36. The van der Waals surface area contributed by atoms with Gasteiger partial charge >= 0.3 is 0 Å². The number of piperidine rings is 1. The minimum atomic E-state index is 0.339. The summed E-state index contributed by atoms with van der Waals surface area (Å²) in [5.74, 6) is 0.600. The highest BCUT2D eigenvalue weighted by Crippen LogP contribution is 2.24. The van der Waals surface area contributed by atoms with Gasteiger partial charge in [0.1, 0.15) is 12.4 Å². The van der Waals surface area contributed by atoms with Crippen molar-refractivity contribution in [2.45, 2.75) is 32.0 Å². The van der Waals surface area contributed by atoms with Gasteiger partial charge in [-0.1, -0.05) is 86.0 Å². The summed E-state index contributed by atoms with van der Waals surface area (Å²) in [4.78, 5) is 2.54. The Kier molecular flexibility index (Phi) is 8.18. The Hall–Kier alpha value is -3.34. The van der Waals surface area contributed by atoms with Crippen LogP contribution in [0.2, 0.25) is 0 Å². The Labute approximate surface area is 203 Å². The zero-order valence-corrected chi connectivity index (χ0v) is 19.9. The smallest absolute Gasteiger partial charge is 0.113 e. The van der Waals surface area contributed by atoms with Crippen molar-refractivity contribution < 1.29 is 4.74 Å². The lowest BCUT2D eigenvalue weighted by atomic mass is 10.00. The van der Waals surface area contributed by atoms with Crippen molar-refractivity contribution in [2.75, 3.05) is 19.6 Å². The minimum absolute atomic E-state index is 0.339. The summed E-state index contributed by atoms with van der Waals surface area (Å²) < 4.78 is 5.58. The zero-order chi connectivity index (χ0) is 23.8. The fourth-order valence-electron chi connectivity index (χ4n) is 4.36. The van der Waals surface area contributed by atoms with Crippen molar-refractivity contribution in [3.05, 3.63) is 114 Å². The van der Waals surface area contributed by atoms with Crippen LogP contribution in [0.4, 0.5) is 0 Å². The monoisotopic (exact) mass is 453 g/mol. The molecule has 3 N–H and O–H groups in total. The summed E-state index contributed by atoms with van der Waals surface area (Å²) in [6.45, 7) is 12.2. The Morgan fingerprint density at radius 2 is 1.59 bits per heavy atom. The molecule has 0 spiro atoms. The van der Waals surface area contributed by atoms with Crippen molar-refractivity contribution in [2.24, 2.45) is 5.73 Å². The molecule has 4 nitrogen and oxygen atoms in total. The van der Waals surface area contributed by atoms with Gasteiger partial charge in [-0.2, -0.15) is 0 Å². The van der Waals surface area contributed by atoms with Crippen molar-refractivity contribution in [3.8, 4) is 11.1 Å². The van der Waals surface area contributed by atoms with Crippen LogP contribution in [-0.4, -0.2) is 30.6 Å². The molecule has 0 amide bonds. The minimum Gasteiger partial charge on any atom is -0.493 e. The number of ether oxygens (including phenoxy) is 1. The Morgan fingerprint density at radius 1 is 0.882 bits per heavy atom. The molecule has 1 saturated heterocycles. The number of hydrogen-bond acceptors (Lipinski definition) is 4. The fraction of sp³-hybridized carbons (Fsp3) is 0.267. The molecule has 176 valence electrons. The van der Waals surface area contributed by atoms with Crippen LogP contribution in [0.1, 0.15) is 29.5 Å². The molecule has 0 unspecified atom stereocenters. The summed E-state index contributed by atoms with van der Waals surface area (Å²) >= 11 is 0. The quantitative estimate of drug-likeness (QED) is 0.394. The second-order valence-electron chi connectivity index (χ2n) is 8.97. The second-order valence-corrected chi connectivity index (χ2v) is 8.97. The van der Waals surface area contributed by atoms with Crippen molar-refractivity contribution in [3.63, 3.8) is 0 Å². The number of nitrogens with two attached hydrogens (primary N) is 1. The lowest BCUT2D eigenvalue weighted by Gasteiger charge is -2.33. The van der Waals surface area contributed by atoms with Crippen LogP contribution in [0, 0.1) is 0 Å². The number of nitrogens with one attached hydrogen (secondary N) is 1. The average Bonchev–Trinajstić information content (AvgIpc) is 2.89. The summed E-state index contributed by atoms with van der Waals surface area (Å²) in [6, 6.07) is 28.2. The van der Waals surface area contributed by atoms with Gasteiger partial charge in [0.05, 0.1) is 6.54 Å². The largest absolute Gasteiger partial charge is 0.493 e. The predicted octanol–water partition coefficient (Wildman–Crippen LogP) is 5.57. The number of rotatable bonds is 10. The molecule has 1 fully saturated rings. The highest BCUT2D eigenvalue weighted by molar-refractivity contribution is 5.69. The number of hydrogen-bond donors (Lipinski definition) is 2. The normalized spacial score (nSPS) is 14.5. The van der Waals surface area contributed by atoms with Gasteiger partial charge in [-0.3, -0.25) is 4.90 Å². The van der Waals surface area contributed by atoms with E-state index in [0.29, 0.717) is 25.0 Å². The molecule has 0 aliphatic carbocycles. The first kappa shape index (κ1) is 23.8. The first-order chi connectivity index (χ1) is 16.6. The molecule has 1 heterocycles. The van der Waals surface area contributed by atoms with Gasteiger partial charge in [0.25, 0.3) is 0 Å². The Morgan fingerprint density at radius 3 is 2.29 bits per heavy atom. The third-order valence-corrected chi connectivity index (χ3v) is 6.38. The topological polar surface area (TPSA) is 50.5 Å². The van der Waals surface area contributed by atoms with Gasteiger partial charge in [-0.15, -0.1) is 0 Å². The maximum Gasteiger partial charge on any atom is 0.113 e. The third kappa shape index (κ3) is 6.60. The maximum absolute atomic E-state index is 5.58. The molecule has 4 rings (SSSR count). The second kappa shape index (κ2) is 11.7. The van der Waals surface area contributed by atoms with E-state index in [4.69, 9.17) is 10.5 Å². The zero-order valence-electron chi connectivity index (χ0n) is 19.9. The molecule has 0 atom stereocenters. The van der Waals surface area contributed by atoms with E-state index in [1.807, 2.05) is 0 Å². The summed E-state index contributed by atoms with van der Waals surface area (Å²) in [5.41, 5.74) is 12.5. The van der Waals surface area contributed by atoms with Crippen LogP contribution in [0.25, 0.3) is 16.8 Å². The van der Waals surface area contributed by atoms with Crippen LogP contribution in [0.15, 0.2) is 97.8 Å². The Bertz CT molecular complexity index is 1080. The molecule has 0 saturated carbocycles. The summed E-state index contributed by atoms with van der Waals surface area (Å²) in [6.07, 6.45) is 2.27. The molecule has 0 aromatic heterocycles. The number of likely N-dealkylation sites (tertiary alicyclic amines) is 1. The molecule has 1 aliphatic rings. The lowest BCUT2D eigenvalue weighted by Crippen LogP contribution is -2.41. The van der Waals surface area contributed by atoms with Crippen LogP contribution in [0.3, 0.4) is 0 Å². The first-order valence-electron chi connectivity index (χ1n) is 12.0. The van der Waals surface area contributed by atoms with E-state index < -0.39 is 0 Å². The summed E-state index contributed by atoms with van der Waals surface area (Å²) in [5, 5.41) is 3.66. The highest BCUT2D eigenvalue weighted by Gasteiger charge is 2.19. The molecule has 1 aliphatic heterocycles. The van der Waals surface area contributed by atoms with Crippen molar-refractivity contribution in [1.29, 1.82) is 0 Å². The molecule has 3 aromatic rings. The number of nitrogens with zero attached hydrogens (tertiary/aromatic N) is 1. The molecule has 3 aromatic carbocycles. The van der Waals surface area contributed by atoms with E-state index in [1.165, 1.54) is 11.1 Å². The average molecular weight is 454 g/mol. The highest BCUT2D eigenvalue weighted by atomic mass is 16.5. The first-order valence-corrected chi connectivity index (χ1v) is 12.0. The molecular formula is C30H35N3O. The van der Waals surface area contributed by atoms with Gasteiger partial charge in [0.2, 0.25) is 0 Å². The SMILES string of the molecule is C=C(CN)OCc1cccc(-c2ccc(C(=C)NC3CCN(Cc4ccccc4)CC3)cc2)c1. The van der Waals surface area contributed by atoms with Gasteiger partial charge in [-0.05, 0) is 46.7 Å². The van der Waals surface area contributed by atoms with E-state index in [0.717, 1.165) is 54.9 Å². The molecule has 4 heteroatoms. The Balaban J connectivity index is 1.29. The summed E-state index contributed by atoms with van der Waals surface area (Å²) in [7, 11) is 0. The number of benzene rings is 3. The van der Waals surface area contributed by atoms with Gasteiger partial charge in [-0.25, -0.2) is 0 Å². The van der Waals surface area contributed by atoms with E-state index in [1.54, 1.807) is 0 Å². The molecule has 0 radical (unpaired) electrons. The van der Waals surface area contributed by atoms with Gasteiger partial charge in [0, 0.05) is 31.4 Å². The van der Waals surface area contributed by atoms with E-state index in [2.05, 4.69) is 102 Å². The van der Waals surface area contributed by atoms with Crippen LogP contribution < -0.4 is 11.1 Å². The van der Waals surface area contributed by atoms with E-state index in [9.17, 15) is 0 Å². The van der Waals surface area contributed by atoms with Gasteiger partial charge in [0.15, 0.2) is 0 Å². The standard InChI is InChI=1S/C30H35N3O/c1-23(20-31)34-22-26-9-6-10-29(19-26)28-13-11-27(12-14-28)24(2)32-30-15-17-33(18-16-30)21-25-7-4-3-5-8-25/h3-14,19,30,32H,1-2,15-18,20-22,31H2. The van der Waals surface area contributed by atoms with Gasteiger partial charge < -0.3 is 15.8 Å². The van der Waals surface area contributed by atoms with E-state index >= 15 is 0 Å². The van der Waals surface area contributed by atoms with Crippen molar-refractivity contribution >= 4 is 5.70 Å². The van der Waals surface area contributed by atoms with Crippen molar-refractivity contribution in [1.82, 2.24) is 10.2 Å². The van der Waals surface area contributed by atoms with Crippen LogP contribution >= 0.6 is 0 Å². The van der Waals surface area contributed by atoms with Crippen LogP contribution in [-0.2, 0) is 17.9 Å². The van der Waals surface area contributed by atoms with E-state index in [-0.39, 0.29) is 0 Å². The third-order valence-electron chi connectivity index (χ3n) is 6.38.